The number of fused-ring (bicyclic) bond motifs is 1. The first-order valence-corrected chi connectivity index (χ1v) is 16.9. The summed E-state index contributed by atoms with van der Waals surface area (Å²) in [7, 11) is 0. The van der Waals surface area contributed by atoms with Gasteiger partial charge in [0.1, 0.15) is 12.3 Å². The molecule has 1 aliphatic heterocycles. The number of nitrogens with zero attached hydrogens (tertiary/aromatic N) is 2. The molecule has 6 N–H and O–H groups in total. The van der Waals surface area contributed by atoms with Crippen molar-refractivity contribution in [3.63, 3.8) is 0 Å². The van der Waals surface area contributed by atoms with E-state index in [9.17, 15) is 9.18 Å². The van der Waals surface area contributed by atoms with E-state index in [4.69, 9.17) is 22.7 Å². The lowest BCUT2D eigenvalue weighted by Gasteiger charge is -2.32. The topological polar surface area (TPSA) is 125 Å². The number of halogens is 3. The molecule has 45 heavy (non-hydrogen) atoms. The molecule has 240 valence electrons. The van der Waals surface area contributed by atoms with Gasteiger partial charge >= 0.3 is 5.69 Å². The van der Waals surface area contributed by atoms with Crippen molar-refractivity contribution < 1.29 is 8.78 Å². The molecule has 0 radical (unpaired) electrons. The number of aromatic nitrogens is 3. The predicted octanol–water partition coefficient (Wildman–Crippen LogP) is 6.67. The van der Waals surface area contributed by atoms with Crippen LogP contribution >= 0.6 is 23.4 Å². The van der Waals surface area contributed by atoms with Crippen LogP contribution in [0.2, 0.25) is 5.02 Å². The molecule has 0 aliphatic carbocycles. The van der Waals surface area contributed by atoms with Crippen LogP contribution in [0.3, 0.4) is 0 Å². The van der Waals surface area contributed by atoms with Gasteiger partial charge in [-0.25, -0.2) is 13.6 Å². The standard InChI is InChI=1S/C33H40ClF2N7OS/c1-19(37)39-12-11-23-7-4-8-28(40-23)25-10-9-24(16-30(25)45-2)43-18-21-15-29(41-32(21)42-33(43)44)26-13-20(14-27(34)31(26)36)5-3-6-22(38)17-35/h9-10,13-16,18,22-23,28,40H,3-8,11-12,17,38H2,1-2H3,(H2,37,39)(H,41,42,44)/t22-,23+,28+/m1/s1. The largest absolute Gasteiger partial charge is 0.374 e. The number of aryl methyl sites for hydroxylation is 1. The number of thioether (sulfide) groups is 1. The second-order valence-electron chi connectivity index (χ2n) is 11.7. The maximum absolute atomic E-state index is 15.2. The summed E-state index contributed by atoms with van der Waals surface area (Å²) < 4.78 is 29.4. The lowest BCUT2D eigenvalue weighted by Crippen LogP contribution is -2.39. The first-order chi connectivity index (χ1) is 21.7. The molecule has 0 spiro atoms. The number of rotatable bonds is 12. The van der Waals surface area contributed by atoms with Crippen molar-refractivity contribution in [3.8, 4) is 16.9 Å². The van der Waals surface area contributed by atoms with Crippen molar-refractivity contribution in [2.75, 3.05) is 19.5 Å². The molecule has 0 unspecified atom stereocenters. The van der Waals surface area contributed by atoms with Crippen LogP contribution in [0, 0.1) is 11.2 Å². The van der Waals surface area contributed by atoms with E-state index in [2.05, 4.69) is 26.7 Å². The Labute approximate surface area is 271 Å². The van der Waals surface area contributed by atoms with Crippen molar-refractivity contribution in [2.24, 2.45) is 5.73 Å². The fraction of sp³-hybridized carbons (Fsp3) is 0.424. The summed E-state index contributed by atoms with van der Waals surface area (Å²) in [6.07, 6.45) is 9.72. The van der Waals surface area contributed by atoms with E-state index in [0.29, 0.717) is 53.6 Å². The lowest BCUT2D eigenvalue weighted by atomic mass is 9.92. The molecule has 3 heterocycles. The molecule has 4 aromatic rings. The number of hydrogen-bond donors (Lipinski definition) is 5. The Morgan fingerprint density at radius 2 is 2.11 bits per heavy atom. The second-order valence-corrected chi connectivity index (χ2v) is 13.0. The highest BCUT2D eigenvalue weighted by Gasteiger charge is 2.24. The third-order valence-corrected chi connectivity index (χ3v) is 9.43. The third-order valence-electron chi connectivity index (χ3n) is 8.36. The molecule has 2 aromatic heterocycles. The number of piperidine rings is 1. The van der Waals surface area contributed by atoms with Crippen LogP contribution in [-0.2, 0) is 6.42 Å². The number of amidine groups is 1. The number of aromatic amines is 1. The molecule has 5 rings (SSSR count). The second kappa shape index (κ2) is 14.9. The number of nitrogens with one attached hydrogen (secondary N) is 4. The SMILES string of the molecule is CSc1cc(-n2cc3cc(-c4cc(CCC[C@@H](N)CF)cc(Cl)c4F)[nH]c3nc2=O)ccc1[C@@H]1CCC[C@@H](CCNC(C)=N)N1. The van der Waals surface area contributed by atoms with Crippen molar-refractivity contribution in [2.45, 2.75) is 74.9 Å². The molecule has 3 atom stereocenters. The van der Waals surface area contributed by atoms with Gasteiger partial charge in [0.05, 0.1) is 22.2 Å². The van der Waals surface area contributed by atoms with Gasteiger partial charge in [0, 0.05) is 46.7 Å². The summed E-state index contributed by atoms with van der Waals surface area (Å²) in [4.78, 5) is 21.6. The summed E-state index contributed by atoms with van der Waals surface area (Å²) in [6, 6.07) is 11.2. The van der Waals surface area contributed by atoms with Crippen molar-refractivity contribution in [1.29, 1.82) is 5.41 Å². The predicted molar refractivity (Wildman–Crippen MR) is 180 cm³/mol. The zero-order valence-corrected chi connectivity index (χ0v) is 27.1. The van der Waals surface area contributed by atoms with Crippen LogP contribution in [0.15, 0.2) is 52.3 Å². The number of alkyl halides is 1. The first-order valence-electron chi connectivity index (χ1n) is 15.3. The first kappa shape index (κ1) is 33.1. The van der Waals surface area contributed by atoms with Gasteiger partial charge in [-0.15, -0.1) is 11.8 Å². The van der Waals surface area contributed by atoms with Crippen LogP contribution in [0.4, 0.5) is 8.78 Å². The summed E-state index contributed by atoms with van der Waals surface area (Å²) in [5, 5.41) is 15.1. The number of H-pyrrole nitrogens is 1. The van der Waals surface area contributed by atoms with Gasteiger partial charge in [0.15, 0.2) is 5.82 Å². The van der Waals surface area contributed by atoms with E-state index >= 15 is 4.39 Å². The summed E-state index contributed by atoms with van der Waals surface area (Å²) in [5.74, 6) is -0.0848. The highest BCUT2D eigenvalue weighted by atomic mass is 35.5. The van der Waals surface area contributed by atoms with E-state index in [0.717, 1.165) is 42.7 Å². The molecule has 2 aromatic carbocycles. The molecular formula is C33H40ClF2N7OS. The van der Waals surface area contributed by atoms with E-state index in [1.165, 1.54) is 10.1 Å². The van der Waals surface area contributed by atoms with Crippen LogP contribution in [0.25, 0.3) is 28.0 Å². The highest BCUT2D eigenvalue weighted by Crippen LogP contribution is 2.35. The van der Waals surface area contributed by atoms with Gasteiger partial charge in [0.2, 0.25) is 0 Å². The Morgan fingerprint density at radius 3 is 2.87 bits per heavy atom. The van der Waals surface area contributed by atoms with Crippen LogP contribution in [0.5, 0.6) is 0 Å². The summed E-state index contributed by atoms with van der Waals surface area (Å²) in [5.41, 5.74) is 9.06. The minimum atomic E-state index is -0.578. The number of benzene rings is 2. The maximum atomic E-state index is 15.2. The molecule has 0 saturated carbocycles. The summed E-state index contributed by atoms with van der Waals surface area (Å²) in [6.45, 7) is 1.95. The molecule has 12 heteroatoms. The Bertz CT molecular complexity index is 1730. The normalized spacial score (nSPS) is 17.5. The summed E-state index contributed by atoms with van der Waals surface area (Å²) >= 11 is 7.89. The molecular weight excluding hydrogens is 616 g/mol. The third kappa shape index (κ3) is 7.95. The monoisotopic (exact) mass is 655 g/mol. The van der Waals surface area contributed by atoms with E-state index in [1.807, 2.05) is 18.4 Å². The Balaban J connectivity index is 1.39. The van der Waals surface area contributed by atoms with Crippen molar-refractivity contribution >= 4 is 40.2 Å². The molecule has 1 aliphatic rings. The van der Waals surface area contributed by atoms with Gasteiger partial charge in [-0.3, -0.25) is 9.98 Å². The molecule has 0 bridgehead atoms. The Hall–Kier alpha value is -3.25. The lowest BCUT2D eigenvalue weighted by molar-refractivity contribution is 0.310. The molecule has 0 amide bonds. The Kier molecular flexibility index (Phi) is 11.0. The van der Waals surface area contributed by atoms with Crippen molar-refractivity contribution in [3.05, 3.63) is 75.0 Å². The van der Waals surface area contributed by atoms with Gasteiger partial charge in [-0.2, -0.15) is 4.98 Å². The maximum Gasteiger partial charge on any atom is 0.354 e. The molecule has 1 fully saturated rings. The van der Waals surface area contributed by atoms with Gasteiger partial charge < -0.3 is 21.4 Å². The number of nitrogens with two attached hydrogens (primary N) is 1. The fourth-order valence-electron chi connectivity index (χ4n) is 6.02. The highest BCUT2D eigenvalue weighted by molar-refractivity contribution is 7.98. The van der Waals surface area contributed by atoms with Gasteiger partial charge in [-0.1, -0.05) is 24.1 Å². The van der Waals surface area contributed by atoms with E-state index in [-0.39, 0.29) is 16.6 Å². The van der Waals surface area contributed by atoms with E-state index in [1.54, 1.807) is 43.1 Å². The average molecular weight is 656 g/mol. The van der Waals surface area contributed by atoms with Crippen LogP contribution < -0.4 is 22.1 Å². The van der Waals surface area contributed by atoms with Crippen LogP contribution in [-0.4, -0.2) is 51.9 Å². The fourth-order valence-corrected chi connectivity index (χ4v) is 6.95. The quantitative estimate of drug-likeness (QED) is 0.0659. The van der Waals surface area contributed by atoms with Crippen molar-refractivity contribution in [1.82, 2.24) is 25.2 Å². The zero-order chi connectivity index (χ0) is 32.1. The van der Waals surface area contributed by atoms with E-state index < -0.39 is 24.2 Å². The number of hydrogen-bond acceptors (Lipinski definition) is 6. The van der Waals surface area contributed by atoms with Gasteiger partial charge in [-0.05, 0) is 93.2 Å². The zero-order valence-electron chi connectivity index (χ0n) is 25.6. The Morgan fingerprint density at radius 1 is 1.29 bits per heavy atom. The molecule has 1 saturated heterocycles. The molecule has 8 nitrogen and oxygen atoms in total. The minimum Gasteiger partial charge on any atom is -0.374 e. The van der Waals surface area contributed by atoms with Crippen LogP contribution in [0.1, 0.15) is 62.6 Å². The average Bonchev–Trinajstić information content (AvgIpc) is 3.44. The minimum absolute atomic E-state index is 0.00919. The smallest absolute Gasteiger partial charge is 0.354 e. The van der Waals surface area contributed by atoms with Gasteiger partial charge in [0.25, 0.3) is 0 Å².